The van der Waals surface area contributed by atoms with Crippen LogP contribution in [0.2, 0.25) is 0 Å². The van der Waals surface area contributed by atoms with Crippen LogP contribution in [0.1, 0.15) is 22.1 Å². The summed E-state index contributed by atoms with van der Waals surface area (Å²) < 4.78 is 0. The van der Waals surface area contributed by atoms with E-state index >= 15 is 0 Å². The van der Waals surface area contributed by atoms with E-state index in [-0.39, 0.29) is 12.3 Å². The molecule has 0 aliphatic carbocycles. The van der Waals surface area contributed by atoms with Gasteiger partial charge in [0.15, 0.2) is 0 Å². The number of aliphatic hydroxyl groups excluding tert-OH is 1. The highest BCUT2D eigenvalue weighted by atomic mass is 16.3. The third kappa shape index (κ3) is 3.21. The van der Waals surface area contributed by atoms with Crippen LogP contribution in [0.3, 0.4) is 0 Å². The first-order valence-corrected chi connectivity index (χ1v) is 5.90. The first-order valence-electron chi connectivity index (χ1n) is 5.90. The van der Waals surface area contributed by atoms with Crippen LogP contribution in [0, 0.1) is 0 Å². The lowest BCUT2D eigenvalue weighted by atomic mass is 10.1. The Hall–Kier alpha value is -2.67. The summed E-state index contributed by atoms with van der Waals surface area (Å²) in [5.41, 5.74) is -0.870. The van der Waals surface area contributed by atoms with E-state index in [9.17, 15) is 19.5 Å². The van der Waals surface area contributed by atoms with Gasteiger partial charge in [-0.15, -0.1) is 0 Å². The zero-order valence-electron chi connectivity index (χ0n) is 10.4. The molecule has 0 aliphatic rings. The Kier molecular flexibility index (Phi) is 4.11. The van der Waals surface area contributed by atoms with E-state index < -0.39 is 23.2 Å². The molecule has 2 rings (SSSR count). The van der Waals surface area contributed by atoms with Crippen molar-refractivity contribution < 1.29 is 9.90 Å². The number of carbonyl (C=O) groups is 1. The highest BCUT2D eigenvalue weighted by Gasteiger charge is 2.15. The lowest BCUT2D eigenvalue weighted by Gasteiger charge is -2.16. The maximum atomic E-state index is 11.9. The van der Waals surface area contributed by atoms with Crippen molar-refractivity contribution >= 4 is 5.91 Å². The molecule has 1 aromatic heterocycles. The number of aromatic nitrogens is 2. The van der Waals surface area contributed by atoms with Gasteiger partial charge in [0.25, 0.3) is 11.5 Å². The van der Waals surface area contributed by atoms with Crippen LogP contribution in [-0.2, 0) is 0 Å². The number of amides is 1. The van der Waals surface area contributed by atoms with Gasteiger partial charge in [-0.1, -0.05) is 30.3 Å². The topological polar surface area (TPSA) is 115 Å². The second-order valence-electron chi connectivity index (χ2n) is 4.12. The van der Waals surface area contributed by atoms with Crippen LogP contribution in [0.4, 0.5) is 0 Å². The van der Waals surface area contributed by atoms with Gasteiger partial charge in [-0.25, -0.2) is 4.79 Å². The van der Waals surface area contributed by atoms with E-state index in [2.05, 4.69) is 10.3 Å². The van der Waals surface area contributed by atoms with Crippen LogP contribution < -0.4 is 16.6 Å². The monoisotopic (exact) mass is 275 g/mol. The number of nitrogens with one attached hydrogen (secondary N) is 3. The molecule has 104 valence electrons. The number of aliphatic hydroxyl groups is 1. The van der Waals surface area contributed by atoms with Gasteiger partial charge in [0.05, 0.1) is 12.6 Å². The summed E-state index contributed by atoms with van der Waals surface area (Å²) in [6, 6.07) is 9.23. The van der Waals surface area contributed by atoms with Crippen molar-refractivity contribution in [3.05, 3.63) is 68.5 Å². The number of benzene rings is 1. The minimum Gasteiger partial charge on any atom is -0.394 e. The predicted octanol–water partition coefficient (Wildman–Crippen LogP) is -0.473. The largest absolute Gasteiger partial charge is 0.394 e. The Morgan fingerprint density at radius 1 is 1.20 bits per heavy atom. The van der Waals surface area contributed by atoms with Gasteiger partial charge in [-0.2, -0.15) is 0 Å². The molecule has 1 heterocycles. The van der Waals surface area contributed by atoms with E-state index in [0.29, 0.717) is 0 Å². The van der Waals surface area contributed by atoms with Crippen molar-refractivity contribution in [2.45, 2.75) is 6.04 Å². The molecule has 0 spiro atoms. The Bertz CT molecular complexity index is 677. The standard InChI is InChI=1S/C13H13N3O4/c17-7-10(8-4-2-1-3-5-8)14-12(19)9-6-11(18)16-13(20)15-9/h1-6,10,17H,7H2,(H,14,19)(H2,15,16,18,20)/t10-/m0/s1. The lowest BCUT2D eigenvalue weighted by Crippen LogP contribution is -2.34. The van der Waals surface area contributed by atoms with E-state index in [1.807, 2.05) is 11.1 Å². The van der Waals surface area contributed by atoms with Crippen molar-refractivity contribution in [2.75, 3.05) is 6.61 Å². The molecule has 0 radical (unpaired) electrons. The molecule has 1 amide bonds. The van der Waals surface area contributed by atoms with E-state index in [4.69, 9.17) is 0 Å². The quantitative estimate of drug-likeness (QED) is 0.603. The molecule has 0 unspecified atom stereocenters. The first-order chi connectivity index (χ1) is 9.60. The fourth-order valence-electron chi connectivity index (χ4n) is 1.75. The summed E-state index contributed by atoms with van der Waals surface area (Å²) in [4.78, 5) is 38.4. The van der Waals surface area contributed by atoms with Crippen LogP contribution in [-0.4, -0.2) is 27.6 Å². The summed E-state index contributed by atoms with van der Waals surface area (Å²) in [5, 5.41) is 11.9. The minimum absolute atomic E-state index is 0.159. The zero-order valence-corrected chi connectivity index (χ0v) is 10.4. The van der Waals surface area contributed by atoms with Gasteiger partial charge < -0.3 is 15.4 Å². The molecule has 2 aromatic rings. The van der Waals surface area contributed by atoms with Crippen LogP contribution >= 0.6 is 0 Å². The predicted molar refractivity (Wildman–Crippen MR) is 71.4 cm³/mol. The molecule has 0 saturated carbocycles. The molecule has 20 heavy (non-hydrogen) atoms. The summed E-state index contributed by atoms with van der Waals surface area (Å²) in [5.74, 6) is -0.642. The molecule has 1 atom stereocenters. The average Bonchev–Trinajstić information content (AvgIpc) is 2.44. The number of carbonyl (C=O) groups excluding carboxylic acids is 1. The van der Waals surface area contributed by atoms with E-state index in [1.54, 1.807) is 24.3 Å². The van der Waals surface area contributed by atoms with E-state index in [0.717, 1.165) is 11.6 Å². The summed E-state index contributed by atoms with van der Waals surface area (Å²) in [7, 11) is 0. The molecule has 0 bridgehead atoms. The molecular formula is C13H13N3O4. The molecular weight excluding hydrogens is 262 g/mol. The Balaban J connectivity index is 2.21. The molecule has 1 aromatic carbocycles. The first kappa shape index (κ1) is 13.8. The smallest absolute Gasteiger partial charge is 0.326 e. The van der Waals surface area contributed by atoms with Gasteiger partial charge in [0, 0.05) is 6.07 Å². The maximum Gasteiger partial charge on any atom is 0.326 e. The Morgan fingerprint density at radius 2 is 1.90 bits per heavy atom. The minimum atomic E-state index is -0.761. The Labute approximate surface area is 113 Å². The molecule has 0 aliphatic heterocycles. The number of H-pyrrole nitrogens is 2. The van der Waals surface area contributed by atoms with Gasteiger partial charge in [-0.05, 0) is 5.56 Å². The fraction of sp³-hybridized carbons (Fsp3) is 0.154. The highest BCUT2D eigenvalue weighted by Crippen LogP contribution is 2.11. The number of hydrogen-bond donors (Lipinski definition) is 4. The van der Waals surface area contributed by atoms with Crippen LogP contribution in [0.5, 0.6) is 0 Å². The van der Waals surface area contributed by atoms with Crippen molar-refractivity contribution in [1.29, 1.82) is 0 Å². The van der Waals surface area contributed by atoms with Crippen molar-refractivity contribution in [2.24, 2.45) is 0 Å². The highest BCUT2D eigenvalue weighted by molar-refractivity contribution is 5.92. The molecule has 7 heteroatoms. The normalized spacial score (nSPS) is 11.8. The van der Waals surface area contributed by atoms with Crippen LogP contribution in [0.15, 0.2) is 46.0 Å². The second-order valence-corrected chi connectivity index (χ2v) is 4.12. The van der Waals surface area contributed by atoms with Gasteiger partial charge >= 0.3 is 5.69 Å². The third-order valence-corrected chi connectivity index (χ3v) is 2.69. The number of aromatic amines is 2. The summed E-state index contributed by atoms with van der Waals surface area (Å²) >= 11 is 0. The van der Waals surface area contributed by atoms with Crippen molar-refractivity contribution in [3.8, 4) is 0 Å². The van der Waals surface area contributed by atoms with Crippen LogP contribution in [0.25, 0.3) is 0 Å². The summed E-state index contributed by atoms with van der Waals surface area (Å²) in [6.07, 6.45) is 0. The van der Waals surface area contributed by atoms with Gasteiger partial charge in [0.1, 0.15) is 5.69 Å². The summed E-state index contributed by atoms with van der Waals surface area (Å²) in [6.45, 7) is -0.302. The van der Waals surface area contributed by atoms with Gasteiger partial charge in [0.2, 0.25) is 0 Å². The molecule has 4 N–H and O–H groups in total. The third-order valence-electron chi connectivity index (χ3n) is 2.69. The van der Waals surface area contributed by atoms with E-state index in [1.165, 1.54) is 0 Å². The van der Waals surface area contributed by atoms with Gasteiger partial charge in [-0.3, -0.25) is 14.6 Å². The SMILES string of the molecule is O=C(N[C@@H](CO)c1ccccc1)c1cc(=O)[nH]c(=O)[nH]1. The number of rotatable bonds is 4. The molecule has 7 nitrogen and oxygen atoms in total. The second kappa shape index (κ2) is 5.98. The zero-order chi connectivity index (χ0) is 14.5. The van der Waals surface area contributed by atoms with Crippen molar-refractivity contribution in [3.63, 3.8) is 0 Å². The lowest BCUT2D eigenvalue weighted by molar-refractivity contribution is 0.0910. The fourth-order valence-corrected chi connectivity index (χ4v) is 1.75. The van der Waals surface area contributed by atoms with Crippen molar-refractivity contribution in [1.82, 2.24) is 15.3 Å². The molecule has 0 saturated heterocycles. The molecule has 0 fully saturated rings. The number of hydrogen-bond acceptors (Lipinski definition) is 4. The Morgan fingerprint density at radius 3 is 2.50 bits per heavy atom. The maximum absolute atomic E-state index is 11.9. The average molecular weight is 275 g/mol.